The van der Waals surface area contributed by atoms with Crippen LogP contribution in [0.1, 0.15) is 0 Å². The van der Waals surface area contributed by atoms with E-state index in [-0.39, 0.29) is 0 Å². The molecule has 0 aliphatic carbocycles. The molecule has 0 fully saturated rings. The van der Waals surface area contributed by atoms with E-state index in [1.807, 2.05) is 36.4 Å². The lowest BCUT2D eigenvalue weighted by molar-refractivity contribution is 1.05. The third-order valence-electron chi connectivity index (χ3n) is 5.68. The van der Waals surface area contributed by atoms with E-state index in [9.17, 15) is 0 Å². The summed E-state index contributed by atoms with van der Waals surface area (Å²) in [5.74, 6) is 1.56. The smallest absolute Gasteiger partial charge is 0.162 e. The summed E-state index contributed by atoms with van der Waals surface area (Å²) < 4.78 is 3.27. The minimum absolute atomic E-state index is 0.711. The number of para-hydroxylation sites is 1. The lowest BCUT2D eigenvalue weighted by Crippen LogP contribution is -2.02. The van der Waals surface area contributed by atoms with Gasteiger partial charge in [0.2, 0.25) is 0 Å². The molecule has 4 aromatic carbocycles. The van der Waals surface area contributed by atoms with Gasteiger partial charge in [-0.2, -0.15) is 0 Å². The van der Waals surface area contributed by atoms with Crippen molar-refractivity contribution in [1.29, 1.82) is 0 Å². The van der Waals surface area contributed by atoms with Crippen molar-refractivity contribution in [1.82, 2.24) is 14.5 Å². The average molecular weight is 476 g/mol. The van der Waals surface area contributed by atoms with Gasteiger partial charge in [-0.1, -0.05) is 101 Å². The minimum Gasteiger partial charge on any atom is -0.294 e. The zero-order valence-electron chi connectivity index (χ0n) is 17.1. The van der Waals surface area contributed by atoms with Crippen LogP contribution in [0.15, 0.2) is 114 Å². The van der Waals surface area contributed by atoms with Crippen LogP contribution in [0, 0.1) is 0 Å². The van der Waals surface area contributed by atoms with Gasteiger partial charge in [-0.15, -0.1) is 0 Å². The van der Waals surface area contributed by atoms with Gasteiger partial charge in [0.15, 0.2) is 5.82 Å². The van der Waals surface area contributed by atoms with Gasteiger partial charge < -0.3 is 0 Å². The van der Waals surface area contributed by atoms with Crippen LogP contribution >= 0.6 is 15.9 Å². The van der Waals surface area contributed by atoms with Gasteiger partial charge in [-0.05, 0) is 18.2 Å². The molecular weight excluding hydrogens is 458 g/mol. The topological polar surface area (TPSA) is 30.7 Å². The van der Waals surface area contributed by atoms with Crippen LogP contribution < -0.4 is 0 Å². The first-order valence-corrected chi connectivity index (χ1v) is 11.3. The van der Waals surface area contributed by atoms with Gasteiger partial charge in [-0.25, -0.2) is 9.97 Å². The fourth-order valence-corrected chi connectivity index (χ4v) is 4.56. The van der Waals surface area contributed by atoms with Crippen LogP contribution in [0.4, 0.5) is 0 Å². The maximum absolute atomic E-state index is 5.04. The molecule has 2 heterocycles. The van der Waals surface area contributed by atoms with Gasteiger partial charge in [-0.3, -0.25) is 4.57 Å². The first kappa shape index (κ1) is 19.0. The van der Waals surface area contributed by atoms with Crippen molar-refractivity contribution < 1.29 is 0 Å². The van der Waals surface area contributed by atoms with Crippen LogP contribution in [0.25, 0.3) is 50.3 Å². The maximum Gasteiger partial charge on any atom is 0.162 e. The zero-order valence-corrected chi connectivity index (χ0v) is 18.7. The number of aromatic nitrogens is 3. The highest BCUT2D eigenvalue weighted by Crippen LogP contribution is 2.34. The van der Waals surface area contributed by atoms with Crippen LogP contribution in [0.5, 0.6) is 0 Å². The zero-order chi connectivity index (χ0) is 21.5. The van der Waals surface area contributed by atoms with E-state index in [2.05, 4.69) is 93.3 Å². The summed E-state index contributed by atoms with van der Waals surface area (Å²) in [7, 11) is 0. The maximum atomic E-state index is 5.04. The van der Waals surface area contributed by atoms with Crippen molar-refractivity contribution >= 4 is 37.7 Å². The molecule has 0 unspecified atom stereocenters. The van der Waals surface area contributed by atoms with Crippen molar-refractivity contribution in [3.8, 4) is 28.5 Å². The summed E-state index contributed by atoms with van der Waals surface area (Å²) in [6.07, 6.45) is 0. The molecule has 2 aromatic heterocycles. The van der Waals surface area contributed by atoms with Crippen molar-refractivity contribution in [2.45, 2.75) is 0 Å². The molecule has 0 aliphatic rings. The Balaban J connectivity index is 1.70. The van der Waals surface area contributed by atoms with E-state index in [0.717, 1.165) is 38.1 Å². The Bertz CT molecular complexity index is 1510. The third kappa shape index (κ3) is 3.20. The van der Waals surface area contributed by atoms with E-state index >= 15 is 0 Å². The highest BCUT2D eigenvalue weighted by atomic mass is 79.9. The summed E-state index contributed by atoms with van der Waals surface area (Å²) in [5.41, 5.74) is 5.19. The molecule has 6 rings (SSSR count). The van der Waals surface area contributed by atoms with E-state index < -0.39 is 0 Å². The quantitative estimate of drug-likeness (QED) is 0.262. The molecule has 0 N–H and O–H groups in total. The first-order valence-electron chi connectivity index (χ1n) is 10.5. The summed E-state index contributed by atoms with van der Waals surface area (Å²) in [6, 6.07) is 37.4. The SMILES string of the molecule is Brc1ccc2c3ccccc3n(-c3cc(-c4ccccc4)nc(-c4ccccc4)n3)c2c1. The number of rotatable bonds is 3. The second kappa shape index (κ2) is 7.74. The summed E-state index contributed by atoms with van der Waals surface area (Å²) in [6.45, 7) is 0. The van der Waals surface area contributed by atoms with Crippen molar-refractivity contribution in [3.05, 3.63) is 114 Å². The molecule has 4 heteroatoms. The summed E-state index contributed by atoms with van der Waals surface area (Å²) in [4.78, 5) is 9.97. The molecule has 0 aliphatic heterocycles. The van der Waals surface area contributed by atoms with E-state index in [4.69, 9.17) is 9.97 Å². The predicted molar refractivity (Wildman–Crippen MR) is 135 cm³/mol. The molecule has 0 saturated carbocycles. The number of hydrogen-bond acceptors (Lipinski definition) is 2. The first-order chi connectivity index (χ1) is 15.8. The lowest BCUT2D eigenvalue weighted by atomic mass is 10.1. The Morgan fingerprint density at radius 1 is 0.562 bits per heavy atom. The van der Waals surface area contributed by atoms with Crippen molar-refractivity contribution in [3.63, 3.8) is 0 Å². The second-order valence-electron chi connectivity index (χ2n) is 7.68. The van der Waals surface area contributed by atoms with Gasteiger partial charge in [0.25, 0.3) is 0 Å². The molecule has 3 nitrogen and oxygen atoms in total. The number of nitrogens with zero attached hydrogens (tertiary/aromatic N) is 3. The highest BCUT2D eigenvalue weighted by Gasteiger charge is 2.16. The molecule has 0 bridgehead atoms. The normalized spacial score (nSPS) is 11.3. The Morgan fingerprint density at radius 2 is 1.22 bits per heavy atom. The number of benzene rings is 4. The van der Waals surface area contributed by atoms with Gasteiger partial charge in [0, 0.05) is 32.4 Å². The molecular formula is C28H18BrN3. The molecule has 6 aromatic rings. The number of fused-ring (bicyclic) bond motifs is 3. The molecule has 0 spiro atoms. The van der Waals surface area contributed by atoms with Crippen LogP contribution in [-0.2, 0) is 0 Å². The Hall–Kier alpha value is -3.76. The van der Waals surface area contributed by atoms with Crippen LogP contribution in [0.2, 0.25) is 0 Å². The Kier molecular flexibility index (Phi) is 4.58. The van der Waals surface area contributed by atoms with Gasteiger partial charge in [0.1, 0.15) is 5.82 Å². The standard InChI is InChI=1S/C28H18BrN3/c29-21-15-16-23-22-13-7-8-14-25(22)32(26(23)17-21)27-18-24(19-9-3-1-4-10-19)30-28(31-27)20-11-5-2-6-12-20/h1-18H. The van der Waals surface area contributed by atoms with Gasteiger partial charge in [0.05, 0.1) is 16.7 Å². The molecule has 0 amide bonds. The van der Waals surface area contributed by atoms with E-state index in [1.54, 1.807) is 0 Å². The van der Waals surface area contributed by atoms with E-state index in [1.165, 1.54) is 10.8 Å². The lowest BCUT2D eigenvalue weighted by Gasteiger charge is -2.12. The fourth-order valence-electron chi connectivity index (χ4n) is 4.21. The highest BCUT2D eigenvalue weighted by molar-refractivity contribution is 9.10. The third-order valence-corrected chi connectivity index (χ3v) is 6.17. The largest absolute Gasteiger partial charge is 0.294 e. The predicted octanol–water partition coefficient (Wildman–Crippen LogP) is 7.67. The molecule has 152 valence electrons. The number of halogens is 1. The molecule has 32 heavy (non-hydrogen) atoms. The molecule has 0 saturated heterocycles. The van der Waals surface area contributed by atoms with Crippen molar-refractivity contribution in [2.24, 2.45) is 0 Å². The van der Waals surface area contributed by atoms with Crippen molar-refractivity contribution in [2.75, 3.05) is 0 Å². The number of hydrogen-bond donors (Lipinski definition) is 0. The second-order valence-corrected chi connectivity index (χ2v) is 8.60. The Morgan fingerprint density at radius 3 is 2.00 bits per heavy atom. The van der Waals surface area contributed by atoms with Crippen LogP contribution in [0.3, 0.4) is 0 Å². The summed E-state index contributed by atoms with van der Waals surface area (Å²) in [5, 5.41) is 2.40. The fraction of sp³-hybridized carbons (Fsp3) is 0. The average Bonchev–Trinajstić information content (AvgIpc) is 3.18. The molecule has 0 radical (unpaired) electrons. The van der Waals surface area contributed by atoms with E-state index in [0.29, 0.717) is 5.82 Å². The minimum atomic E-state index is 0.711. The summed E-state index contributed by atoms with van der Waals surface area (Å²) >= 11 is 3.65. The van der Waals surface area contributed by atoms with Gasteiger partial charge >= 0.3 is 0 Å². The Labute approximate surface area is 194 Å². The van der Waals surface area contributed by atoms with Crippen LogP contribution in [-0.4, -0.2) is 14.5 Å². The molecule has 0 atom stereocenters. The monoisotopic (exact) mass is 475 g/mol.